The summed E-state index contributed by atoms with van der Waals surface area (Å²) in [6.07, 6.45) is 0.884. The predicted molar refractivity (Wildman–Crippen MR) is 83.8 cm³/mol. The van der Waals surface area contributed by atoms with E-state index in [4.69, 9.17) is 4.74 Å². The van der Waals surface area contributed by atoms with Crippen LogP contribution in [0.2, 0.25) is 0 Å². The van der Waals surface area contributed by atoms with Crippen LogP contribution in [0.25, 0.3) is 0 Å². The maximum Gasteiger partial charge on any atom is 0.413 e. The SMILES string of the molecule is CCCCn1c(NC(=O)OC(C)(C)C)c(Br)c(=O)[nH]c1=O. The number of halogens is 1. The maximum atomic E-state index is 11.9. The van der Waals surface area contributed by atoms with Crippen LogP contribution in [0.4, 0.5) is 10.6 Å². The number of carbonyl (C=O) groups excluding carboxylic acids is 1. The summed E-state index contributed by atoms with van der Waals surface area (Å²) in [6, 6.07) is 0. The van der Waals surface area contributed by atoms with Crippen molar-refractivity contribution in [1.29, 1.82) is 0 Å². The summed E-state index contributed by atoms with van der Waals surface area (Å²) >= 11 is 3.09. The zero-order chi connectivity index (χ0) is 16.2. The van der Waals surface area contributed by atoms with Gasteiger partial charge in [-0.2, -0.15) is 0 Å². The lowest BCUT2D eigenvalue weighted by atomic mass is 10.2. The van der Waals surface area contributed by atoms with Crippen LogP contribution in [-0.4, -0.2) is 21.2 Å². The van der Waals surface area contributed by atoms with Crippen molar-refractivity contribution in [2.24, 2.45) is 0 Å². The van der Waals surface area contributed by atoms with Gasteiger partial charge >= 0.3 is 11.8 Å². The second kappa shape index (κ2) is 6.93. The average molecular weight is 362 g/mol. The summed E-state index contributed by atoms with van der Waals surface area (Å²) in [7, 11) is 0. The lowest BCUT2D eigenvalue weighted by Crippen LogP contribution is -2.35. The van der Waals surface area contributed by atoms with Crippen molar-refractivity contribution in [1.82, 2.24) is 9.55 Å². The summed E-state index contributed by atoms with van der Waals surface area (Å²) < 4.78 is 6.53. The maximum absolute atomic E-state index is 11.9. The Morgan fingerprint density at radius 1 is 1.38 bits per heavy atom. The number of ether oxygens (including phenoxy) is 1. The van der Waals surface area contributed by atoms with Gasteiger partial charge in [0.15, 0.2) is 0 Å². The first-order chi connectivity index (χ1) is 9.65. The minimum Gasteiger partial charge on any atom is -0.444 e. The van der Waals surface area contributed by atoms with E-state index in [1.165, 1.54) is 4.57 Å². The molecule has 8 heteroatoms. The third kappa shape index (κ3) is 5.04. The Kier molecular flexibility index (Phi) is 5.77. The summed E-state index contributed by atoms with van der Waals surface area (Å²) in [6.45, 7) is 7.54. The van der Waals surface area contributed by atoms with Gasteiger partial charge in [0.2, 0.25) is 0 Å². The Labute approximate surface area is 130 Å². The molecule has 0 saturated carbocycles. The number of rotatable bonds is 4. The van der Waals surface area contributed by atoms with E-state index in [2.05, 4.69) is 26.2 Å². The quantitative estimate of drug-likeness (QED) is 0.860. The number of amides is 1. The van der Waals surface area contributed by atoms with Gasteiger partial charge in [-0.15, -0.1) is 0 Å². The largest absolute Gasteiger partial charge is 0.444 e. The number of aromatic nitrogens is 2. The van der Waals surface area contributed by atoms with Crippen LogP contribution in [0.3, 0.4) is 0 Å². The van der Waals surface area contributed by atoms with Crippen LogP contribution in [0, 0.1) is 0 Å². The van der Waals surface area contributed by atoms with Crippen molar-refractivity contribution in [3.05, 3.63) is 25.3 Å². The number of H-pyrrole nitrogens is 1. The van der Waals surface area contributed by atoms with Crippen LogP contribution in [0.15, 0.2) is 14.1 Å². The van der Waals surface area contributed by atoms with Crippen molar-refractivity contribution in [2.75, 3.05) is 5.32 Å². The van der Waals surface area contributed by atoms with Crippen molar-refractivity contribution >= 4 is 27.8 Å². The first-order valence-corrected chi connectivity index (χ1v) is 7.47. The molecular formula is C13H20BrN3O4. The summed E-state index contributed by atoms with van der Waals surface area (Å²) in [5.74, 6) is 0.103. The predicted octanol–water partition coefficient (Wildman–Crippen LogP) is 2.45. The Morgan fingerprint density at radius 2 is 2.00 bits per heavy atom. The van der Waals surface area contributed by atoms with E-state index < -0.39 is 22.9 Å². The molecule has 0 aliphatic carbocycles. The first-order valence-electron chi connectivity index (χ1n) is 6.68. The summed E-state index contributed by atoms with van der Waals surface area (Å²) in [5.41, 5.74) is -1.84. The lowest BCUT2D eigenvalue weighted by Gasteiger charge is -2.21. The average Bonchev–Trinajstić information content (AvgIpc) is 2.33. The molecule has 118 valence electrons. The summed E-state index contributed by atoms with van der Waals surface area (Å²) in [4.78, 5) is 37.6. The Balaban J connectivity index is 3.17. The summed E-state index contributed by atoms with van der Waals surface area (Å²) in [5, 5.41) is 2.46. The van der Waals surface area contributed by atoms with Crippen molar-refractivity contribution < 1.29 is 9.53 Å². The Bertz CT molecular complexity index is 628. The molecule has 0 fully saturated rings. The number of hydrogen-bond donors (Lipinski definition) is 2. The molecule has 21 heavy (non-hydrogen) atoms. The highest BCUT2D eigenvalue weighted by molar-refractivity contribution is 9.10. The molecule has 2 N–H and O–H groups in total. The molecule has 0 aromatic carbocycles. The monoisotopic (exact) mass is 361 g/mol. The topological polar surface area (TPSA) is 93.2 Å². The van der Waals surface area contributed by atoms with Crippen LogP contribution >= 0.6 is 15.9 Å². The Hall–Kier alpha value is -1.57. The fraction of sp³-hybridized carbons (Fsp3) is 0.615. The first kappa shape index (κ1) is 17.5. The Morgan fingerprint density at radius 3 is 2.52 bits per heavy atom. The standard InChI is InChI=1S/C13H20BrN3O4/c1-5-6-7-17-9(8(14)10(18)16-11(17)19)15-12(20)21-13(2,3)4/h5-7H2,1-4H3,(H,15,20)(H,16,18,19). The van der Waals surface area contributed by atoms with E-state index in [1.807, 2.05) is 6.92 Å². The molecule has 1 amide bonds. The smallest absolute Gasteiger partial charge is 0.413 e. The zero-order valence-electron chi connectivity index (χ0n) is 12.6. The van der Waals surface area contributed by atoms with Gasteiger partial charge in [-0.1, -0.05) is 13.3 Å². The van der Waals surface area contributed by atoms with E-state index in [1.54, 1.807) is 20.8 Å². The number of unbranched alkanes of at least 4 members (excludes halogenated alkanes) is 1. The number of hydrogen-bond acceptors (Lipinski definition) is 4. The fourth-order valence-corrected chi connectivity index (χ4v) is 2.01. The van der Waals surface area contributed by atoms with Gasteiger partial charge in [0, 0.05) is 6.54 Å². The molecule has 0 unspecified atom stereocenters. The number of nitrogens with zero attached hydrogens (tertiary/aromatic N) is 1. The lowest BCUT2D eigenvalue weighted by molar-refractivity contribution is 0.0634. The highest BCUT2D eigenvalue weighted by Crippen LogP contribution is 2.18. The normalized spacial score (nSPS) is 11.3. The van der Waals surface area contributed by atoms with Crippen LogP contribution < -0.4 is 16.6 Å². The molecule has 1 aromatic rings. The molecule has 0 aliphatic rings. The van der Waals surface area contributed by atoms with E-state index >= 15 is 0 Å². The van der Waals surface area contributed by atoms with E-state index in [0.717, 1.165) is 12.8 Å². The van der Waals surface area contributed by atoms with E-state index in [-0.39, 0.29) is 10.3 Å². The van der Waals surface area contributed by atoms with Crippen LogP contribution in [0.5, 0.6) is 0 Å². The minimum absolute atomic E-state index is 0.0871. The van der Waals surface area contributed by atoms with Crippen molar-refractivity contribution in [3.8, 4) is 0 Å². The van der Waals surface area contributed by atoms with E-state index in [9.17, 15) is 14.4 Å². The number of anilines is 1. The number of nitrogens with one attached hydrogen (secondary N) is 2. The molecule has 0 bridgehead atoms. The van der Waals surface area contributed by atoms with E-state index in [0.29, 0.717) is 6.54 Å². The van der Waals surface area contributed by atoms with Crippen LogP contribution in [0.1, 0.15) is 40.5 Å². The third-order valence-corrected chi connectivity index (χ3v) is 3.23. The third-order valence-electron chi connectivity index (χ3n) is 2.50. The molecule has 0 aliphatic heterocycles. The fourth-order valence-electron chi connectivity index (χ4n) is 1.60. The molecule has 1 aromatic heterocycles. The van der Waals surface area contributed by atoms with Gasteiger partial charge in [-0.05, 0) is 43.1 Å². The number of aromatic amines is 1. The molecular weight excluding hydrogens is 342 g/mol. The molecule has 1 rings (SSSR count). The molecule has 0 radical (unpaired) electrons. The van der Waals surface area contributed by atoms with Crippen LogP contribution in [-0.2, 0) is 11.3 Å². The van der Waals surface area contributed by atoms with Gasteiger partial charge in [-0.3, -0.25) is 19.7 Å². The molecule has 0 spiro atoms. The van der Waals surface area contributed by atoms with Crippen molar-refractivity contribution in [3.63, 3.8) is 0 Å². The van der Waals surface area contributed by atoms with Gasteiger partial charge < -0.3 is 4.74 Å². The zero-order valence-corrected chi connectivity index (χ0v) is 14.2. The highest BCUT2D eigenvalue weighted by Gasteiger charge is 2.20. The van der Waals surface area contributed by atoms with Gasteiger partial charge in [-0.25, -0.2) is 9.59 Å². The second-order valence-corrected chi connectivity index (χ2v) is 6.35. The molecule has 1 heterocycles. The molecule has 0 atom stereocenters. The van der Waals surface area contributed by atoms with Gasteiger partial charge in [0.1, 0.15) is 15.9 Å². The minimum atomic E-state index is -0.724. The molecule has 0 saturated heterocycles. The highest BCUT2D eigenvalue weighted by atomic mass is 79.9. The number of carbonyl (C=O) groups is 1. The second-order valence-electron chi connectivity index (χ2n) is 5.55. The molecule has 7 nitrogen and oxygen atoms in total. The van der Waals surface area contributed by atoms with Gasteiger partial charge in [0.25, 0.3) is 5.56 Å². The van der Waals surface area contributed by atoms with Crippen molar-refractivity contribution in [2.45, 2.75) is 52.7 Å². The van der Waals surface area contributed by atoms with Gasteiger partial charge in [0.05, 0.1) is 0 Å².